The minimum absolute atomic E-state index is 0.0878. The van der Waals surface area contributed by atoms with E-state index in [-0.39, 0.29) is 5.91 Å². The molecule has 0 aliphatic carbocycles. The van der Waals surface area contributed by atoms with Crippen LogP contribution in [0.3, 0.4) is 0 Å². The molecule has 2 N–H and O–H groups in total. The zero-order chi connectivity index (χ0) is 23.9. The largest absolute Gasteiger partial charge is 0.489 e. The normalized spacial score (nSPS) is 10.7. The molecule has 0 bridgehead atoms. The summed E-state index contributed by atoms with van der Waals surface area (Å²) in [4.78, 5) is 11.9. The smallest absolute Gasteiger partial charge is 0.251 e. The Morgan fingerprint density at radius 1 is 0.912 bits per heavy atom. The third-order valence-corrected chi connectivity index (χ3v) is 5.77. The average Bonchev–Trinajstić information content (AvgIpc) is 3.14. The number of anilines is 1. The Hall–Kier alpha value is -4.06. The fraction of sp³-hybridized carbons (Fsp3) is 0.214. The molecule has 0 radical (unpaired) electrons. The van der Waals surface area contributed by atoms with Crippen LogP contribution < -0.4 is 15.4 Å². The maximum atomic E-state index is 11.9. The summed E-state index contributed by atoms with van der Waals surface area (Å²) in [6, 6.07) is 25.9. The molecule has 1 amide bonds. The Morgan fingerprint density at radius 2 is 1.65 bits per heavy atom. The van der Waals surface area contributed by atoms with Crippen molar-refractivity contribution in [1.29, 1.82) is 0 Å². The van der Waals surface area contributed by atoms with Crippen molar-refractivity contribution >= 4 is 11.6 Å². The molecular weight excluding hydrogens is 424 g/mol. The lowest BCUT2D eigenvalue weighted by Crippen LogP contribution is -2.18. The predicted molar refractivity (Wildman–Crippen MR) is 135 cm³/mol. The van der Waals surface area contributed by atoms with Gasteiger partial charge in [-0.15, -0.1) is 0 Å². The SMILES string of the molecule is CNC(=O)c1cccc(Cn2nc(C)c(NCc3ccc(COc4ccccc4)cc3)c2C)c1. The molecule has 1 aromatic heterocycles. The van der Waals surface area contributed by atoms with E-state index in [1.165, 1.54) is 5.56 Å². The van der Waals surface area contributed by atoms with Crippen LogP contribution in [-0.4, -0.2) is 22.7 Å². The Balaban J connectivity index is 1.37. The van der Waals surface area contributed by atoms with Gasteiger partial charge < -0.3 is 15.4 Å². The molecule has 4 aromatic rings. The van der Waals surface area contributed by atoms with Crippen molar-refractivity contribution in [2.75, 3.05) is 12.4 Å². The van der Waals surface area contributed by atoms with Gasteiger partial charge in [0.15, 0.2) is 0 Å². The molecule has 1 heterocycles. The van der Waals surface area contributed by atoms with Gasteiger partial charge in [0, 0.05) is 19.2 Å². The minimum atomic E-state index is -0.0878. The number of carbonyl (C=O) groups excluding carboxylic acids is 1. The van der Waals surface area contributed by atoms with E-state index in [2.05, 4.69) is 41.8 Å². The number of nitrogens with one attached hydrogen (secondary N) is 2. The van der Waals surface area contributed by atoms with Crippen LogP contribution in [0.4, 0.5) is 5.69 Å². The molecule has 3 aromatic carbocycles. The van der Waals surface area contributed by atoms with Crippen molar-refractivity contribution in [1.82, 2.24) is 15.1 Å². The molecule has 34 heavy (non-hydrogen) atoms. The first-order valence-electron chi connectivity index (χ1n) is 11.4. The van der Waals surface area contributed by atoms with E-state index in [4.69, 9.17) is 9.84 Å². The van der Waals surface area contributed by atoms with E-state index in [0.717, 1.165) is 34.0 Å². The van der Waals surface area contributed by atoms with Gasteiger partial charge in [-0.25, -0.2) is 0 Å². The number of ether oxygens (including phenoxy) is 1. The van der Waals surface area contributed by atoms with Gasteiger partial charge in [-0.05, 0) is 54.8 Å². The number of rotatable bonds is 9. The summed E-state index contributed by atoms with van der Waals surface area (Å²) in [6.45, 7) is 5.93. The summed E-state index contributed by atoms with van der Waals surface area (Å²) >= 11 is 0. The van der Waals surface area contributed by atoms with Gasteiger partial charge in [0.25, 0.3) is 5.91 Å². The van der Waals surface area contributed by atoms with Crippen LogP contribution in [0.2, 0.25) is 0 Å². The van der Waals surface area contributed by atoms with Crippen LogP contribution in [0.5, 0.6) is 5.75 Å². The molecule has 0 unspecified atom stereocenters. The molecular formula is C28H30N4O2. The van der Waals surface area contributed by atoms with Gasteiger partial charge in [0.05, 0.1) is 23.6 Å². The van der Waals surface area contributed by atoms with E-state index in [1.54, 1.807) is 7.05 Å². The van der Waals surface area contributed by atoms with E-state index >= 15 is 0 Å². The first kappa shape index (κ1) is 23.1. The maximum Gasteiger partial charge on any atom is 0.251 e. The lowest BCUT2D eigenvalue weighted by atomic mass is 10.1. The monoisotopic (exact) mass is 454 g/mol. The highest BCUT2D eigenvalue weighted by Crippen LogP contribution is 2.22. The zero-order valence-corrected chi connectivity index (χ0v) is 19.8. The molecule has 0 aliphatic heterocycles. The minimum Gasteiger partial charge on any atom is -0.489 e. The number of carbonyl (C=O) groups is 1. The number of aryl methyl sites for hydroxylation is 1. The molecule has 6 heteroatoms. The average molecular weight is 455 g/mol. The first-order chi connectivity index (χ1) is 16.5. The Morgan fingerprint density at radius 3 is 2.38 bits per heavy atom. The van der Waals surface area contributed by atoms with Crippen LogP contribution in [0.1, 0.15) is 38.4 Å². The first-order valence-corrected chi connectivity index (χ1v) is 11.4. The van der Waals surface area contributed by atoms with Gasteiger partial charge >= 0.3 is 0 Å². The van der Waals surface area contributed by atoms with Gasteiger partial charge in [0.1, 0.15) is 12.4 Å². The highest BCUT2D eigenvalue weighted by molar-refractivity contribution is 5.94. The van der Waals surface area contributed by atoms with E-state index in [1.807, 2.05) is 66.2 Å². The van der Waals surface area contributed by atoms with Crippen LogP contribution in [0.25, 0.3) is 0 Å². The van der Waals surface area contributed by atoms with Crippen molar-refractivity contribution in [2.45, 2.75) is 33.5 Å². The number of hydrogen-bond acceptors (Lipinski definition) is 4. The third kappa shape index (κ3) is 5.64. The fourth-order valence-corrected chi connectivity index (χ4v) is 3.86. The van der Waals surface area contributed by atoms with E-state index in [0.29, 0.717) is 25.3 Å². The van der Waals surface area contributed by atoms with Crippen molar-refractivity contribution in [3.63, 3.8) is 0 Å². The highest BCUT2D eigenvalue weighted by Gasteiger charge is 2.12. The van der Waals surface area contributed by atoms with Crippen molar-refractivity contribution < 1.29 is 9.53 Å². The fourth-order valence-electron chi connectivity index (χ4n) is 3.86. The van der Waals surface area contributed by atoms with Crippen molar-refractivity contribution in [3.8, 4) is 5.75 Å². The van der Waals surface area contributed by atoms with E-state index in [9.17, 15) is 4.79 Å². The Bertz CT molecular complexity index is 1250. The number of para-hydroxylation sites is 1. The lowest BCUT2D eigenvalue weighted by Gasteiger charge is -2.10. The molecule has 6 nitrogen and oxygen atoms in total. The van der Waals surface area contributed by atoms with Crippen LogP contribution in [0, 0.1) is 13.8 Å². The highest BCUT2D eigenvalue weighted by atomic mass is 16.5. The van der Waals surface area contributed by atoms with Crippen LogP contribution in [0.15, 0.2) is 78.9 Å². The number of benzene rings is 3. The second-order valence-electron chi connectivity index (χ2n) is 8.25. The Labute approximate surface area is 200 Å². The Kier molecular flexibility index (Phi) is 7.28. The lowest BCUT2D eigenvalue weighted by molar-refractivity contribution is 0.0963. The number of aromatic nitrogens is 2. The van der Waals surface area contributed by atoms with Crippen molar-refractivity contribution in [2.24, 2.45) is 0 Å². The molecule has 0 spiro atoms. The number of amides is 1. The molecule has 0 saturated heterocycles. The summed E-state index contributed by atoms with van der Waals surface area (Å²) in [6.07, 6.45) is 0. The van der Waals surface area contributed by atoms with Crippen LogP contribution in [-0.2, 0) is 19.7 Å². The molecule has 4 rings (SSSR count). The van der Waals surface area contributed by atoms with E-state index < -0.39 is 0 Å². The second-order valence-corrected chi connectivity index (χ2v) is 8.25. The van der Waals surface area contributed by atoms with Crippen LogP contribution >= 0.6 is 0 Å². The molecule has 0 fully saturated rings. The summed E-state index contributed by atoms with van der Waals surface area (Å²) in [7, 11) is 1.64. The molecule has 0 saturated carbocycles. The molecule has 0 aliphatic rings. The summed E-state index contributed by atoms with van der Waals surface area (Å²) in [5.41, 5.74) is 7.06. The topological polar surface area (TPSA) is 68.2 Å². The summed E-state index contributed by atoms with van der Waals surface area (Å²) in [5.74, 6) is 0.784. The number of nitrogens with zero attached hydrogens (tertiary/aromatic N) is 2. The second kappa shape index (κ2) is 10.7. The zero-order valence-electron chi connectivity index (χ0n) is 19.8. The third-order valence-electron chi connectivity index (χ3n) is 5.77. The molecule has 0 atom stereocenters. The standard InChI is InChI=1S/C28H30N4O2/c1-20-27(21(2)32(31-20)18-24-8-7-9-25(16-24)28(33)29-3)30-17-22-12-14-23(15-13-22)19-34-26-10-5-4-6-11-26/h4-16,30H,17-19H2,1-3H3,(H,29,33). The summed E-state index contributed by atoms with van der Waals surface area (Å²) < 4.78 is 7.80. The quantitative estimate of drug-likeness (QED) is 0.369. The van der Waals surface area contributed by atoms with Gasteiger partial charge in [0.2, 0.25) is 0 Å². The maximum absolute atomic E-state index is 11.9. The van der Waals surface area contributed by atoms with Gasteiger partial charge in [-0.2, -0.15) is 5.10 Å². The number of hydrogen-bond donors (Lipinski definition) is 2. The van der Waals surface area contributed by atoms with Gasteiger partial charge in [-0.3, -0.25) is 9.48 Å². The van der Waals surface area contributed by atoms with Crippen molar-refractivity contribution in [3.05, 3.63) is 113 Å². The predicted octanol–water partition coefficient (Wildman–Crippen LogP) is 5.10. The summed E-state index contributed by atoms with van der Waals surface area (Å²) in [5, 5.41) is 10.9. The van der Waals surface area contributed by atoms with Gasteiger partial charge in [-0.1, -0.05) is 54.6 Å². The molecule has 174 valence electrons.